The van der Waals surface area contributed by atoms with Gasteiger partial charge in [-0.3, -0.25) is 4.79 Å². The summed E-state index contributed by atoms with van der Waals surface area (Å²) < 4.78 is 11.1. The molecule has 0 aliphatic rings. The van der Waals surface area contributed by atoms with Crippen molar-refractivity contribution in [2.75, 3.05) is 12.4 Å². The quantitative estimate of drug-likeness (QED) is 0.873. The summed E-state index contributed by atoms with van der Waals surface area (Å²) in [6.45, 7) is 5.98. The molecule has 4 heteroatoms. The van der Waals surface area contributed by atoms with Gasteiger partial charge in [0.25, 0.3) is 5.91 Å². The van der Waals surface area contributed by atoms with Crippen molar-refractivity contribution in [2.45, 2.75) is 33.3 Å². The van der Waals surface area contributed by atoms with Crippen molar-refractivity contribution in [3.05, 3.63) is 53.6 Å². The Balaban J connectivity index is 2.10. The summed E-state index contributed by atoms with van der Waals surface area (Å²) in [4.78, 5) is 12.5. The van der Waals surface area contributed by atoms with Gasteiger partial charge in [-0.15, -0.1) is 0 Å². The van der Waals surface area contributed by atoms with Crippen LogP contribution in [0.2, 0.25) is 0 Å². The molecule has 1 amide bonds. The van der Waals surface area contributed by atoms with Gasteiger partial charge in [0.15, 0.2) is 17.6 Å². The molecule has 1 N–H and O–H groups in total. The topological polar surface area (TPSA) is 47.6 Å². The lowest BCUT2D eigenvalue weighted by atomic mass is 10.1. The zero-order chi connectivity index (χ0) is 16.8. The molecule has 0 aromatic heterocycles. The molecule has 2 aromatic carbocycles. The van der Waals surface area contributed by atoms with Crippen LogP contribution in [0.3, 0.4) is 0 Å². The summed E-state index contributed by atoms with van der Waals surface area (Å²) in [5, 5.41) is 2.91. The average molecular weight is 313 g/mol. The second-order valence-electron chi connectivity index (χ2n) is 5.45. The molecule has 0 fully saturated rings. The number of ether oxygens (including phenoxy) is 2. The Morgan fingerprint density at radius 2 is 1.78 bits per heavy atom. The van der Waals surface area contributed by atoms with E-state index in [1.54, 1.807) is 13.2 Å². The van der Waals surface area contributed by atoms with E-state index in [1.165, 1.54) is 5.56 Å². The third-order valence-corrected chi connectivity index (χ3v) is 3.78. The minimum absolute atomic E-state index is 0.165. The highest BCUT2D eigenvalue weighted by atomic mass is 16.5. The van der Waals surface area contributed by atoms with Gasteiger partial charge in [0.2, 0.25) is 0 Å². The third kappa shape index (κ3) is 4.25. The number of amides is 1. The number of hydrogen-bond acceptors (Lipinski definition) is 3. The van der Waals surface area contributed by atoms with E-state index >= 15 is 0 Å². The summed E-state index contributed by atoms with van der Waals surface area (Å²) in [7, 11) is 1.58. The van der Waals surface area contributed by atoms with Crippen LogP contribution in [0.25, 0.3) is 0 Å². The molecule has 23 heavy (non-hydrogen) atoms. The number of anilines is 1. The van der Waals surface area contributed by atoms with Crippen molar-refractivity contribution >= 4 is 11.6 Å². The summed E-state index contributed by atoms with van der Waals surface area (Å²) in [6.07, 6.45) is -0.0118. The molecule has 0 saturated heterocycles. The lowest BCUT2D eigenvalue weighted by Gasteiger charge is -2.19. The predicted molar refractivity (Wildman–Crippen MR) is 92.2 cm³/mol. The Morgan fingerprint density at radius 3 is 2.39 bits per heavy atom. The molecule has 122 valence electrons. The maximum Gasteiger partial charge on any atom is 0.265 e. The SMILES string of the molecule is CCC(Oc1ccccc1OC)C(=O)Nc1ccc(C)c(C)c1. The highest BCUT2D eigenvalue weighted by Crippen LogP contribution is 2.27. The number of rotatable bonds is 6. The minimum atomic E-state index is -0.576. The first-order valence-corrected chi connectivity index (χ1v) is 7.73. The third-order valence-electron chi connectivity index (χ3n) is 3.78. The number of benzene rings is 2. The van der Waals surface area contributed by atoms with E-state index in [1.807, 2.05) is 57.2 Å². The van der Waals surface area contributed by atoms with Gasteiger partial charge in [-0.05, 0) is 55.7 Å². The molecular weight excluding hydrogens is 290 g/mol. The first-order valence-electron chi connectivity index (χ1n) is 7.73. The molecular formula is C19H23NO3. The van der Waals surface area contributed by atoms with Crippen molar-refractivity contribution < 1.29 is 14.3 Å². The number of methoxy groups -OCH3 is 1. The van der Waals surface area contributed by atoms with Gasteiger partial charge in [-0.1, -0.05) is 25.1 Å². The zero-order valence-electron chi connectivity index (χ0n) is 14.1. The smallest absolute Gasteiger partial charge is 0.265 e. The Morgan fingerprint density at radius 1 is 1.09 bits per heavy atom. The number of para-hydroxylation sites is 2. The van der Waals surface area contributed by atoms with E-state index < -0.39 is 6.10 Å². The van der Waals surface area contributed by atoms with E-state index in [-0.39, 0.29) is 5.91 Å². The van der Waals surface area contributed by atoms with Gasteiger partial charge in [-0.2, -0.15) is 0 Å². The van der Waals surface area contributed by atoms with Crippen LogP contribution in [-0.4, -0.2) is 19.1 Å². The van der Waals surface area contributed by atoms with Crippen LogP contribution < -0.4 is 14.8 Å². The fourth-order valence-corrected chi connectivity index (χ4v) is 2.23. The molecule has 0 aliphatic carbocycles. The molecule has 0 heterocycles. The molecule has 0 bridgehead atoms. The molecule has 2 rings (SSSR count). The zero-order valence-corrected chi connectivity index (χ0v) is 14.1. The lowest BCUT2D eigenvalue weighted by molar-refractivity contribution is -0.122. The maximum atomic E-state index is 12.5. The predicted octanol–water partition coefficient (Wildman–Crippen LogP) is 4.11. The molecule has 0 radical (unpaired) electrons. The largest absolute Gasteiger partial charge is 0.493 e. The van der Waals surface area contributed by atoms with Gasteiger partial charge < -0.3 is 14.8 Å². The van der Waals surface area contributed by atoms with Crippen molar-refractivity contribution in [2.24, 2.45) is 0 Å². The highest BCUT2D eigenvalue weighted by molar-refractivity contribution is 5.94. The Hall–Kier alpha value is -2.49. The Bertz CT molecular complexity index is 682. The van der Waals surface area contributed by atoms with Crippen LogP contribution in [0.4, 0.5) is 5.69 Å². The van der Waals surface area contributed by atoms with Crippen LogP contribution in [0.15, 0.2) is 42.5 Å². The van der Waals surface area contributed by atoms with Crippen LogP contribution >= 0.6 is 0 Å². The maximum absolute atomic E-state index is 12.5. The van der Waals surface area contributed by atoms with Crippen LogP contribution in [0, 0.1) is 13.8 Å². The van der Waals surface area contributed by atoms with Crippen molar-refractivity contribution in [3.8, 4) is 11.5 Å². The monoisotopic (exact) mass is 313 g/mol. The van der Waals surface area contributed by atoms with Crippen LogP contribution in [-0.2, 0) is 4.79 Å². The molecule has 0 aliphatic heterocycles. The normalized spacial score (nSPS) is 11.7. The van der Waals surface area contributed by atoms with Crippen molar-refractivity contribution in [1.29, 1.82) is 0 Å². The number of hydrogen-bond donors (Lipinski definition) is 1. The van der Waals surface area contributed by atoms with E-state index in [2.05, 4.69) is 5.32 Å². The first kappa shape index (κ1) is 16.9. The molecule has 0 saturated carbocycles. The average Bonchev–Trinajstić information content (AvgIpc) is 2.56. The van der Waals surface area contributed by atoms with E-state index in [4.69, 9.17) is 9.47 Å². The van der Waals surface area contributed by atoms with Gasteiger partial charge in [0, 0.05) is 5.69 Å². The van der Waals surface area contributed by atoms with E-state index in [0.717, 1.165) is 11.3 Å². The molecule has 1 unspecified atom stereocenters. The highest BCUT2D eigenvalue weighted by Gasteiger charge is 2.20. The number of carbonyl (C=O) groups is 1. The van der Waals surface area contributed by atoms with Crippen molar-refractivity contribution in [3.63, 3.8) is 0 Å². The number of carbonyl (C=O) groups excluding carboxylic acids is 1. The second-order valence-corrected chi connectivity index (χ2v) is 5.45. The number of nitrogens with one attached hydrogen (secondary N) is 1. The van der Waals surface area contributed by atoms with Crippen LogP contribution in [0.5, 0.6) is 11.5 Å². The first-order chi connectivity index (χ1) is 11.0. The van der Waals surface area contributed by atoms with Gasteiger partial charge >= 0.3 is 0 Å². The fourth-order valence-electron chi connectivity index (χ4n) is 2.23. The molecule has 2 aromatic rings. The van der Waals surface area contributed by atoms with E-state index in [0.29, 0.717) is 17.9 Å². The Labute approximate surface area is 137 Å². The summed E-state index contributed by atoms with van der Waals surface area (Å²) in [5.74, 6) is 1.02. The summed E-state index contributed by atoms with van der Waals surface area (Å²) >= 11 is 0. The van der Waals surface area contributed by atoms with Gasteiger partial charge in [0.05, 0.1) is 7.11 Å². The number of aryl methyl sites for hydroxylation is 2. The molecule has 1 atom stereocenters. The molecule has 4 nitrogen and oxygen atoms in total. The van der Waals surface area contributed by atoms with Crippen LogP contribution in [0.1, 0.15) is 24.5 Å². The van der Waals surface area contributed by atoms with Gasteiger partial charge in [0.1, 0.15) is 0 Å². The summed E-state index contributed by atoms with van der Waals surface area (Å²) in [5.41, 5.74) is 3.11. The lowest BCUT2D eigenvalue weighted by Crippen LogP contribution is -2.32. The Kier molecular flexibility index (Phi) is 5.63. The molecule has 0 spiro atoms. The minimum Gasteiger partial charge on any atom is -0.493 e. The van der Waals surface area contributed by atoms with Gasteiger partial charge in [-0.25, -0.2) is 0 Å². The second kappa shape index (κ2) is 7.68. The van der Waals surface area contributed by atoms with E-state index in [9.17, 15) is 4.79 Å². The van der Waals surface area contributed by atoms with Crippen molar-refractivity contribution in [1.82, 2.24) is 0 Å². The summed E-state index contributed by atoms with van der Waals surface area (Å²) in [6, 6.07) is 13.2. The fraction of sp³-hybridized carbons (Fsp3) is 0.316. The standard InChI is InChI=1S/C19H23NO3/c1-5-16(23-18-9-7-6-8-17(18)22-4)19(21)20-15-11-10-13(2)14(3)12-15/h6-12,16H,5H2,1-4H3,(H,20,21).